The van der Waals surface area contributed by atoms with E-state index >= 15 is 0 Å². The second kappa shape index (κ2) is 5.63. The number of fused-ring (bicyclic) bond motifs is 1. The molecule has 0 aliphatic rings. The molecule has 0 radical (unpaired) electrons. The lowest BCUT2D eigenvalue weighted by Gasteiger charge is -2.17. The maximum absolute atomic E-state index is 11.4. The van der Waals surface area contributed by atoms with Crippen LogP contribution in [0.3, 0.4) is 0 Å². The number of rotatable bonds is 3. The molecule has 0 saturated heterocycles. The molecule has 1 aromatic carbocycles. The number of benzene rings is 1. The molecule has 3 aromatic rings. The van der Waals surface area contributed by atoms with Crippen molar-refractivity contribution in [2.75, 3.05) is 7.05 Å². The van der Waals surface area contributed by atoms with Gasteiger partial charge < -0.3 is 15.3 Å². The van der Waals surface area contributed by atoms with Crippen molar-refractivity contribution in [3.63, 3.8) is 0 Å². The summed E-state index contributed by atoms with van der Waals surface area (Å²) >= 11 is 7.64. The lowest BCUT2D eigenvalue weighted by atomic mass is 10.0. The molecule has 2 aromatic heterocycles. The van der Waals surface area contributed by atoms with Gasteiger partial charge in [0, 0.05) is 4.47 Å². The first-order valence-electron chi connectivity index (χ1n) is 5.91. The summed E-state index contributed by atoms with van der Waals surface area (Å²) in [6.07, 6.45) is 0. The third-order valence-corrected chi connectivity index (χ3v) is 5.65. The van der Waals surface area contributed by atoms with Crippen molar-refractivity contribution in [3.8, 4) is 0 Å². The predicted molar refractivity (Wildman–Crippen MR) is 94.6 cm³/mol. The highest BCUT2D eigenvalue weighted by molar-refractivity contribution is 14.1. The maximum atomic E-state index is 11.4. The average molecular weight is 464 g/mol. The van der Waals surface area contributed by atoms with E-state index in [4.69, 9.17) is 0 Å². The summed E-state index contributed by atoms with van der Waals surface area (Å²) in [6, 6.07) is 6.20. The number of H-pyrrole nitrogens is 2. The average Bonchev–Trinajstić information content (AvgIpc) is 2.96. The van der Waals surface area contributed by atoms with Gasteiger partial charge in [-0.2, -0.15) is 0 Å². The van der Waals surface area contributed by atoms with Crippen molar-refractivity contribution >= 4 is 60.9 Å². The van der Waals surface area contributed by atoms with E-state index in [-0.39, 0.29) is 11.7 Å². The highest BCUT2D eigenvalue weighted by Crippen LogP contribution is 2.33. The van der Waals surface area contributed by atoms with Gasteiger partial charge in [0.15, 0.2) is 0 Å². The Morgan fingerprint density at radius 2 is 2.00 bits per heavy atom. The number of hydrogen-bond donors (Lipinski definition) is 3. The second-order valence-corrected chi connectivity index (χ2v) is 8.06. The second-order valence-electron chi connectivity index (χ2n) is 4.40. The van der Waals surface area contributed by atoms with Crippen LogP contribution < -0.4 is 11.0 Å². The van der Waals surface area contributed by atoms with E-state index in [1.54, 1.807) is 11.3 Å². The zero-order valence-electron chi connectivity index (χ0n) is 10.5. The van der Waals surface area contributed by atoms with Crippen molar-refractivity contribution in [3.05, 3.63) is 52.5 Å². The molecule has 0 bridgehead atoms. The van der Waals surface area contributed by atoms with Gasteiger partial charge in [0.1, 0.15) is 0 Å². The predicted octanol–water partition coefficient (Wildman–Crippen LogP) is 3.59. The fourth-order valence-corrected chi connectivity index (χ4v) is 4.24. The Kier molecular flexibility index (Phi) is 4.02. The molecule has 1 atom stereocenters. The van der Waals surface area contributed by atoms with Gasteiger partial charge in [-0.3, -0.25) is 0 Å². The van der Waals surface area contributed by atoms with E-state index in [2.05, 4.69) is 65.3 Å². The summed E-state index contributed by atoms with van der Waals surface area (Å²) in [4.78, 5) is 17.0. The molecule has 4 nitrogen and oxygen atoms in total. The number of imidazole rings is 1. The summed E-state index contributed by atoms with van der Waals surface area (Å²) in [5, 5.41) is 5.48. The van der Waals surface area contributed by atoms with Crippen LogP contribution in [0.25, 0.3) is 11.0 Å². The molecule has 3 rings (SSSR count). The van der Waals surface area contributed by atoms with E-state index in [1.165, 1.54) is 8.45 Å². The number of aromatic nitrogens is 2. The number of halogens is 2. The Morgan fingerprint density at radius 3 is 2.60 bits per heavy atom. The standard InChI is InChI=1S/C13H11BrIN3OS/c1-16-12(6-2-11(15)20-5-6)7-3-9-10(4-8(7)14)18-13(19)17-9/h2-5,12,16H,1H3,(H2,17,18,19). The molecule has 0 spiro atoms. The van der Waals surface area contributed by atoms with Crippen LogP contribution >= 0.6 is 49.9 Å². The van der Waals surface area contributed by atoms with Gasteiger partial charge in [0.05, 0.1) is 20.0 Å². The minimum absolute atomic E-state index is 0.0898. The highest BCUT2D eigenvalue weighted by Gasteiger charge is 2.17. The zero-order chi connectivity index (χ0) is 14.3. The maximum Gasteiger partial charge on any atom is 0.323 e. The molecule has 2 heterocycles. The molecule has 3 N–H and O–H groups in total. The molecular weight excluding hydrogens is 453 g/mol. The monoisotopic (exact) mass is 463 g/mol. The molecule has 0 amide bonds. The summed E-state index contributed by atoms with van der Waals surface area (Å²) in [7, 11) is 1.94. The van der Waals surface area contributed by atoms with Gasteiger partial charge in [-0.05, 0) is 64.3 Å². The quantitative estimate of drug-likeness (QED) is 0.520. The van der Waals surface area contributed by atoms with Crippen molar-refractivity contribution in [1.82, 2.24) is 15.3 Å². The van der Waals surface area contributed by atoms with Crippen LogP contribution in [0.1, 0.15) is 17.2 Å². The number of thiophene rings is 1. The van der Waals surface area contributed by atoms with Crippen molar-refractivity contribution in [2.45, 2.75) is 6.04 Å². The molecule has 20 heavy (non-hydrogen) atoms. The van der Waals surface area contributed by atoms with Gasteiger partial charge in [-0.15, -0.1) is 11.3 Å². The van der Waals surface area contributed by atoms with E-state index in [9.17, 15) is 4.79 Å². The van der Waals surface area contributed by atoms with E-state index in [0.29, 0.717) is 0 Å². The normalized spacial score (nSPS) is 12.9. The van der Waals surface area contributed by atoms with E-state index in [1.807, 2.05) is 19.2 Å². The lowest BCUT2D eigenvalue weighted by molar-refractivity contribution is 0.692. The van der Waals surface area contributed by atoms with Gasteiger partial charge in [-0.25, -0.2) is 4.79 Å². The summed E-state index contributed by atoms with van der Waals surface area (Å²) in [5.74, 6) is 0. The molecule has 0 fully saturated rings. The molecule has 104 valence electrons. The van der Waals surface area contributed by atoms with Crippen molar-refractivity contribution < 1.29 is 0 Å². The Bertz CT molecular complexity index is 822. The number of aromatic amines is 2. The Labute approximate surface area is 141 Å². The first kappa shape index (κ1) is 14.3. The van der Waals surface area contributed by atoms with Crippen LogP contribution in [-0.4, -0.2) is 17.0 Å². The molecule has 0 aliphatic heterocycles. The molecule has 0 saturated carbocycles. The fourth-order valence-electron chi connectivity index (χ4n) is 2.27. The van der Waals surface area contributed by atoms with Gasteiger partial charge in [0.25, 0.3) is 0 Å². The van der Waals surface area contributed by atoms with Gasteiger partial charge in [0.2, 0.25) is 0 Å². The minimum atomic E-state index is -0.185. The molecule has 0 aliphatic carbocycles. The number of nitrogens with one attached hydrogen (secondary N) is 3. The third kappa shape index (κ3) is 2.59. The Balaban J connectivity index is 2.15. The lowest BCUT2D eigenvalue weighted by Crippen LogP contribution is -2.17. The number of hydrogen-bond acceptors (Lipinski definition) is 3. The first-order valence-corrected chi connectivity index (χ1v) is 8.66. The van der Waals surface area contributed by atoms with E-state index in [0.717, 1.165) is 21.1 Å². The van der Waals surface area contributed by atoms with E-state index < -0.39 is 0 Å². The minimum Gasteiger partial charge on any atom is -0.309 e. The zero-order valence-corrected chi connectivity index (χ0v) is 15.0. The topological polar surface area (TPSA) is 60.7 Å². The largest absolute Gasteiger partial charge is 0.323 e. The van der Waals surface area contributed by atoms with Crippen LogP contribution in [0.15, 0.2) is 32.8 Å². The smallest absolute Gasteiger partial charge is 0.309 e. The molecule has 7 heteroatoms. The van der Waals surface area contributed by atoms with Crippen LogP contribution in [0.2, 0.25) is 0 Å². The molecule has 1 unspecified atom stereocenters. The van der Waals surface area contributed by atoms with Gasteiger partial charge >= 0.3 is 5.69 Å². The van der Waals surface area contributed by atoms with Crippen LogP contribution in [0.5, 0.6) is 0 Å². The van der Waals surface area contributed by atoms with Crippen LogP contribution in [0.4, 0.5) is 0 Å². The van der Waals surface area contributed by atoms with Crippen LogP contribution in [-0.2, 0) is 0 Å². The molecular formula is C13H11BrIN3OS. The van der Waals surface area contributed by atoms with Crippen molar-refractivity contribution in [1.29, 1.82) is 0 Å². The summed E-state index contributed by atoms with van der Waals surface area (Å²) in [6.45, 7) is 0. The SMILES string of the molecule is CNC(c1csc(I)c1)c1cc2[nH]c(=O)[nH]c2cc1Br. The van der Waals surface area contributed by atoms with Crippen molar-refractivity contribution in [2.24, 2.45) is 0 Å². The Hall–Kier alpha value is -0.640. The highest BCUT2D eigenvalue weighted by atomic mass is 127. The van der Waals surface area contributed by atoms with Crippen LogP contribution in [0, 0.1) is 2.88 Å². The Morgan fingerprint density at radius 1 is 1.30 bits per heavy atom. The van der Waals surface area contributed by atoms with Gasteiger partial charge in [-0.1, -0.05) is 15.9 Å². The fraction of sp³-hybridized carbons (Fsp3) is 0.154. The summed E-state index contributed by atoms with van der Waals surface area (Å²) in [5.41, 5.74) is 3.76. The summed E-state index contributed by atoms with van der Waals surface area (Å²) < 4.78 is 2.23. The third-order valence-electron chi connectivity index (χ3n) is 3.15. The first-order chi connectivity index (χ1) is 9.58.